The van der Waals surface area contributed by atoms with Gasteiger partial charge < -0.3 is 14.7 Å². The van der Waals surface area contributed by atoms with Crippen molar-refractivity contribution in [1.29, 1.82) is 0 Å². The number of hydrogen-bond acceptors (Lipinski definition) is 3. The summed E-state index contributed by atoms with van der Waals surface area (Å²) in [5.41, 5.74) is 0.877. The highest BCUT2D eigenvalue weighted by Crippen LogP contribution is 2.29. The van der Waals surface area contributed by atoms with Gasteiger partial charge in [0.25, 0.3) is 0 Å². The molecule has 15 heavy (non-hydrogen) atoms. The van der Waals surface area contributed by atoms with E-state index in [2.05, 4.69) is 0 Å². The molecule has 0 unspecified atom stereocenters. The van der Waals surface area contributed by atoms with Gasteiger partial charge in [0.15, 0.2) is 0 Å². The summed E-state index contributed by atoms with van der Waals surface area (Å²) >= 11 is 0. The second-order valence-electron chi connectivity index (χ2n) is 3.38. The van der Waals surface area contributed by atoms with Crippen molar-refractivity contribution in [3.8, 4) is 5.75 Å². The Hall–Kier alpha value is -1.52. The molecule has 0 bridgehead atoms. The predicted molar refractivity (Wildman–Crippen MR) is 59.5 cm³/mol. The molecule has 2 aromatic rings. The lowest BCUT2D eigenvalue weighted by atomic mass is 10.1. The van der Waals surface area contributed by atoms with Crippen LogP contribution < -0.4 is 4.65 Å². The number of fused-ring (bicyclic) bond motifs is 1. The van der Waals surface area contributed by atoms with Crippen LogP contribution in [0.3, 0.4) is 0 Å². The minimum absolute atomic E-state index is 0.517. The highest BCUT2D eigenvalue weighted by Gasteiger charge is 2.15. The lowest BCUT2D eigenvalue weighted by Gasteiger charge is -2.11. The van der Waals surface area contributed by atoms with Crippen LogP contribution in [0.25, 0.3) is 10.8 Å². The van der Waals surface area contributed by atoms with Crippen LogP contribution in [0.4, 0.5) is 0 Å². The molecular formula is C11H11BO3. The average molecular weight is 202 g/mol. The summed E-state index contributed by atoms with van der Waals surface area (Å²) in [6.45, 7) is 1.87. The number of aryl methyl sites for hydroxylation is 1. The Bertz CT molecular complexity index is 482. The fraction of sp³-hybridized carbons (Fsp3) is 0.0909. The maximum atomic E-state index is 8.82. The Morgan fingerprint density at radius 3 is 2.53 bits per heavy atom. The average Bonchev–Trinajstić information content (AvgIpc) is 2.22. The smallest absolute Gasteiger partial charge is 0.511 e. The number of hydrogen-bond donors (Lipinski definition) is 2. The van der Waals surface area contributed by atoms with Gasteiger partial charge in [-0.25, -0.2) is 0 Å². The first-order valence-electron chi connectivity index (χ1n) is 4.69. The first-order chi connectivity index (χ1) is 7.18. The number of rotatable bonds is 2. The van der Waals surface area contributed by atoms with Crippen LogP contribution in [-0.2, 0) is 0 Å². The van der Waals surface area contributed by atoms with Crippen LogP contribution in [0, 0.1) is 6.92 Å². The van der Waals surface area contributed by atoms with Gasteiger partial charge in [-0.3, -0.25) is 0 Å². The molecule has 0 heterocycles. The van der Waals surface area contributed by atoms with E-state index < -0.39 is 7.32 Å². The molecule has 0 spiro atoms. The minimum Gasteiger partial charge on any atom is -0.511 e. The predicted octanol–water partition coefficient (Wildman–Crippen LogP) is 1.50. The van der Waals surface area contributed by atoms with E-state index in [1.807, 2.05) is 43.3 Å². The van der Waals surface area contributed by atoms with Crippen molar-refractivity contribution in [3.63, 3.8) is 0 Å². The summed E-state index contributed by atoms with van der Waals surface area (Å²) in [6, 6.07) is 11.5. The molecule has 0 atom stereocenters. The van der Waals surface area contributed by atoms with E-state index in [4.69, 9.17) is 14.7 Å². The van der Waals surface area contributed by atoms with E-state index in [0.29, 0.717) is 5.75 Å². The van der Waals surface area contributed by atoms with Crippen LogP contribution in [-0.4, -0.2) is 17.4 Å². The Kier molecular flexibility index (Phi) is 2.62. The molecule has 0 fully saturated rings. The first-order valence-corrected chi connectivity index (χ1v) is 4.69. The molecule has 0 aliphatic rings. The zero-order valence-electron chi connectivity index (χ0n) is 8.34. The summed E-state index contributed by atoms with van der Waals surface area (Å²) in [4.78, 5) is 0. The fourth-order valence-electron chi connectivity index (χ4n) is 1.61. The van der Waals surface area contributed by atoms with Crippen molar-refractivity contribution in [2.75, 3.05) is 0 Å². The van der Waals surface area contributed by atoms with Gasteiger partial charge in [0, 0.05) is 5.39 Å². The van der Waals surface area contributed by atoms with Gasteiger partial charge in [0.2, 0.25) is 0 Å². The zero-order chi connectivity index (χ0) is 10.8. The molecule has 0 saturated heterocycles. The molecule has 4 heteroatoms. The van der Waals surface area contributed by atoms with E-state index in [9.17, 15) is 0 Å². The largest absolute Gasteiger partial charge is 0.707 e. The van der Waals surface area contributed by atoms with E-state index >= 15 is 0 Å². The third kappa shape index (κ3) is 1.96. The van der Waals surface area contributed by atoms with E-state index in [1.165, 1.54) is 0 Å². The Balaban J connectivity index is 2.63. The van der Waals surface area contributed by atoms with E-state index in [0.717, 1.165) is 16.3 Å². The highest BCUT2D eigenvalue weighted by molar-refractivity contribution is 6.34. The third-order valence-corrected chi connectivity index (χ3v) is 2.30. The van der Waals surface area contributed by atoms with Crippen LogP contribution in [0.1, 0.15) is 5.56 Å². The third-order valence-electron chi connectivity index (χ3n) is 2.30. The van der Waals surface area contributed by atoms with Crippen LogP contribution in [0.2, 0.25) is 0 Å². The normalized spacial score (nSPS) is 10.3. The maximum Gasteiger partial charge on any atom is 0.707 e. The van der Waals surface area contributed by atoms with Gasteiger partial charge in [-0.1, -0.05) is 36.4 Å². The van der Waals surface area contributed by atoms with Crippen molar-refractivity contribution < 1.29 is 14.7 Å². The van der Waals surface area contributed by atoms with Crippen molar-refractivity contribution in [1.82, 2.24) is 0 Å². The van der Waals surface area contributed by atoms with Gasteiger partial charge in [0.1, 0.15) is 5.75 Å². The second kappa shape index (κ2) is 3.92. The molecule has 0 aliphatic heterocycles. The molecule has 2 aromatic carbocycles. The molecule has 76 valence electrons. The summed E-state index contributed by atoms with van der Waals surface area (Å²) in [5, 5.41) is 19.5. The molecule has 0 amide bonds. The van der Waals surface area contributed by atoms with Gasteiger partial charge in [-0.15, -0.1) is 0 Å². The Labute approximate surface area is 88.1 Å². The van der Waals surface area contributed by atoms with Crippen LogP contribution >= 0.6 is 0 Å². The molecular weight excluding hydrogens is 191 g/mol. The zero-order valence-corrected chi connectivity index (χ0v) is 8.34. The molecule has 0 aromatic heterocycles. The van der Waals surface area contributed by atoms with Crippen molar-refractivity contribution in [2.24, 2.45) is 0 Å². The molecule has 3 nitrogen and oxygen atoms in total. The summed E-state index contributed by atoms with van der Waals surface area (Å²) in [6.07, 6.45) is 0. The van der Waals surface area contributed by atoms with E-state index in [-0.39, 0.29) is 0 Å². The van der Waals surface area contributed by atoms with Crippen LogP contribution in [0.15, 0.2) is 36.4 Å². The van der Waals surface area contributed by atoms with Gasteiger partial charge in [0.05, 0.1) is 0 Å². The van der Waals surface area contributed by atoms with Gasteiger partial charge in [-0.2, -0.15) is 0 Å². The maximum absolute atomic E-state index is 8.82. The van der Waals surface area contributed by atoms with E-state index in [1.54, 1.807) is 0 Å². The lowest BCUT2D eigenvalue weighted by Crippen LogP contribution is -2.21. The summed E-state index contributed by atoms with van der Waals surface area (Å²) < 4.78 is 4.97. The van der Waals surface area contributed by atoms with Gasteiger partial charge in [-0.05, 0) is 17.9 Å². The number of benzene rings is 2. The molecule has 2 rings (SSSR count). The Morgan fingerprint density at radius 1 is 1.07 bits per heavy atom. The first kappa shape index (κ1) is 10.0. The standard InChI is InChI=1S/C11H11BO3/c1-8-6-7-9-4-2-3-5-10(9)11(8)15-12(13)14/h2-7,13-14H,1H3. The second-order valence-corrected chi connectivity index (χ2v) is 3.38. The minimum atomic E-state index is -1.78. The molecule has 0 aliphatic carbocycles. The highest BCUT2D eigenvalue weighted by atomic mass is 16.6. The summed E-state index contributed by atoms with van der Waals surface area (Å²) in [7, 11) is -1.78. The van der Waals surface area contributed by atoms with Crippen molar-refractivity contribution in [3.05, 3.63) is 42.0 Å². The lowest BCUT2D eigenvalue weighted by molar-refractivity contribution is 0.289. The fourth-order valence-corrected chi connectivity index (χ4v) is 1.61. The van der Waals surface area contributed by atoms with Crippen LogP contribution in [0.5, 0.6) is 5.75 Å². The monoisotopic (exact) mass is 202 g/mol. The van der Waals surface area contributed by atoms with Crippen molar-refractivity contribution >= 4 is 18.1 Å². The molecule has 2 N–H and O–H groups in total. The molecule has 0 saturated carbocycles. The topological polar surface area (TPSA) is 49.7 Å². The van der Waals surface area contributed by atoms with Crippen molar-refractivity contribution in [2.45, 2.75) is 6.92 Å². The van der Waals surface area contributed by atoms with Gasteiger partial charge >= 0.3 is 7.32 Å². The Morgan fingerprint density at radius 2 is 1.80 bits per heavy atom. The molecule has 0 radical (unpaired) electrons. The quantitative estimate of drug-likeness (QED) is 0.725. The summed E-state index contributed by atoms with van der Waals surface area (Å²) in [5.74, 6) is 0.517. The SMILES string of the molecule is Cc1ccc2ccccc2c1OB(O)O.